The highest BCUT2D eigenvalue weighted by molar-refractivity contribution is 8.01. The van der Waals surface area contributed by atoms with Crippen LogP contribution in [0.2, 0.25) is 0 Å². The van der Waals surface area contributed by atoms with Crippen LogP contribution in [0.5, 0.6) is 0 Å². The van der Waals surface area contributed by atoms with E-state index in [9.17, 15) is 0 Å². The minimum absolute atomic E-state index is 0.0656. The molecule has 0 radical (unpaired) electrons. The van der Waals surface area contributed by atoms with Gasteiger partial charge in [0.15, 0.2) is 4.34 Å². The summed E-state index contributed by atoms with van der Waals surface area (Å²) in [5.74, 6) is 0.951. The molecular weight excluding hydrogens is 226 g/mol. The maximum atomic E-state index is 6.15. The van der Waals surface area contributed by atoms with Gasteiger partial charge in [0, 0.05) is 12.8 Å². The number of nitrogens with one attached hydrogen (secondary N) is 1. The highest BCUT2D eigenvalue weighted by Crippen LogP contribution is 2.46. The van der Waals surface area contributed by atoms with Crippen molar-refractivity contribution >= 4 is 39.8 Å². The molecule has 72 valence electrons. The lowest BCUT2D eigenvalue weighted by molar-refractivity contribution is 1.000. The fourth-order valence-corrected chi connectivity index (χ4v) is 2.95. The Kier molecular flexibility index (Phi) is 2.67. The number of halogens is 1. The Morgan fingerprint density at radius 2 is 2.38 bits per heavy atom. The summed E-state index contributed by atoms with van der Waals surface area (Å²) in [5.41, 5.74) is 0. The van der Waals surface area contributed by atoms with E-state index < -0.39 is 0 Å². The number of nitrogens with zero attached hydrogens (tertiary/aromatic N) is 2. The molecule has 0 saturated heterocycles. The van der Waals surface area contributed by atoms with Gasteiger partial charge in [-0.05, 0) is 12.8 Å². The number of rotatable bonds is 4. The molecule has 0 unspecified atom stereocenters. The second kappa shape index (κ2) is 3.63. The Morgan fingerprint density at radius 3 is 2.92 bits per heavy atom. The average Bonchev–Trinajstić information content (AvgIpc) is 2.69. The van der Waals surface area contributed by atoms with E-state index in [1.54, 1.807) is 23.1 Å². The molecule has 2 rings (SSSR count). The summed E-state index contributed by atoms with van der Waals surface area (Å²) in [7, 11) is 1.85. The van der Waals surface area contributed by atoms with E-state index in [1.807, 2.05) is 7.05 Å². The number of hydrogen-bond donors (Lipinski definition) is 1. The molecule has 1 N–H and O–H groups in total. The standard InChI is InChI=1S/C7H10ClN3S2/c1-9-5-10-11-6(13-5)12-4-7(8)2-3-7/h2-4H2,1H3,(H,9,10). The number of aromatic nitrogens is 2. The predicted molar refractivity (Wildman–Crippen MR) is 58.0 cm³/mol. The Morgan fingerprint density at radius 1 is 1.62 bits per heavy atom. The molecule has 0 aromatic carbocycles. The van der Waals surface area contributed by atoms with E-state index in [1.165, 1.54) is 0 Å². The SMILES string of the molecule is CNc1nnc(SCC2(Cl)CC2)s1. The number of anilines is 1. The van der Waals surface area contributed by atoms with Crippen molar-refractivity contribution in [1.82, 2.24) is 10.2 Å². The molecule has 0 bridgehead atoms. The molecule has 0 atom stereocenters. The average molecular weight is 236 g/mol. The van der Waals surface area contributed by atoms with Crippen LogP contribution in [0.3, 0.4) is 0 Å². The molecule has 3 nitrogen and oxygen atoms in total. The molecule has 1 aliphatic rings. The zero-order valence-corrected chi connectivity index (χ0v) is 9.60. The van der Waals surface area contributed by atoms with Crippen molar-refractivity contribution in [2.75, 3.05) is 18.1 Å². The quantitative estimate of drug-likeness (QED) is 0.643. The maximum Gasteiger partial charge on any atom is 0.206 e. The highest BCUT2D eigenvalue weighted by Gasteiger charge is 2.40. The predicted octanol–water partition coefficient (Wildman–Crippen LogP) is 2.44. The summed E-state index contributed by atoms with van der Waals surface area (Å²) in [5, 5.41) is 11.8. The molecule has 1 saturated carbocycles. The first-order valence-corrected chi connectivity index (χ1v) is 6.23. The third-order valence-corrected chi connectivity index (χ3v) is 4.90. The van der Waals surface area contributed by atoms with Gasteiger partial charge in [-0.2, -0.15) is 0 Å². The van der Waals surface area contributed by atoms with Crippen LogP contribution in [0.15, 0.2) is 4.34 Å². The van der Waals surface area contributed by atoms with Crippen LogP contribution >= 0.6 is 34.7 Å². The fraction of sp³-hybridized carbons (Fsp3) is 0.714. The minimum Gasteiger partial charge on any atom is -0.363 e. The Balaban J connectivity index is 1.87. The summed E-state index contributed by atoms with van der Waals surface area (Å²) in [6, 6.07) is 0. The van der Waals surface area contributed by atoms with Gasteiger partial charge in [-0.15, -0.1) is 21.8 Å². The van der Waals surface area contributed by atoms with E-state index in [-0.39, 0.29) is 4.87 Å². The summed E-state index contributed by atoms with van der Waals surface area (Å²) in [4.78, 5) is 0.0656. The first-order valence-electron chi connectivity index (χ1n) is 4.05. The van der Waals surface area contributed by atoms with E-state index >= 15 is 0 Å². The second-order valence-corrected chi connectivity index (χ2v) is 6.06. The van der Waals surface area contributed by atoms with Crippen molar-refractivity contribution in [3.05, 3.63) is 0 Å². The Labute approximate surface area is 90.3 Å². The van der Waals surface area contributed by atoms with Crippen molar-refractivity contribution < 1.29 is 0 Å². The molecular formula is C7H10ClN3S2. The van der Waals surface area contributed by atoms with Crippen LogP contribution < -0.4 is 5.32 Å². The van der Waals surface area contributed by atoms with Crippen LogP contribution in [0.4, 0.5) is 5.13 Å². The highest BCUT2D eigenvalue weighted by atomic mass is 35.5. The van der Waals surface area contributed by atoms with E-state index in [4.69, 9.17) is 11.6 Å². The van der Waals surface area contributed by atoms with Gasteiger partial charge in [0.1, 0.15) is 0 Å². The van der Waals surface area contributed by atoms with E-state index in [2.05, 4.69) is 15.5 Å². The van der Waals surface area contributed by atoms with Crippen LogP contribution in [0, 0.1) is 0 Å². The van der Waals surface area contributed by atoms with Gasteiger partial charge in [0.25, 0.3) is 0 Å². The monoisotopic (exact) mass is 235 g/mol. The van der Waals surface area contributed by atoms with Gasteiger partial charge in [0.2, 0.25) is 5.13 Å². The van der Waals surface area contributed by atoms with Gasteiger partial charge >= 0.3 is 0 Å². The summed E-state index contributed by atoms with van der Waals surface area (Å²) in [6.45, 7) is 0. The third-order valence-electron chi connectivity index (χ3n) is 1.87. The molecule has 1 aromatic heterocycles. The third kappa shape index (κ3) is 2.48. The Hall–Kier alpha value is -0.0000000000000000278. The fourth-order valence-electron chi connectivity index (χ4n) is 0.840. The molecule has 1 aliphatic carbocycles. The van der Waals surface area contributed by atoms with Gasteiger partial charge in [0.05, 0.1) is 4.87 Å². The zero-order valence-electron chi connectivity index (χ0n) is 7.21. The number of hydrogen-bond acceptors (Lipinski definition) is 5. The molecule has 0 aliphatic heterocycles. The number of thioether (sulfide) groups is 1. The van der Waals surface area contributed by atoms with Crippen LogP contribution in [0.25, 0.3) is 0 Å². The lowest BCUT2D eigenvalue weighted by Crippen LogP contribution is -2.00. The number of alkyl halides is 1. The zero-order chi connectivity index (χ0) is 9.31. The van der Waals surface area contributed by atoms with Gasteiger partial charge in [-0.25, -0.2) is 0 Å². The molecule has 13 heavy (non-hydrogen) atoms. The molecule has 0 spiro atoms. The molecule has 1 fully saturated rings. The van der Waals surface area contributed by atoms with Crippen molar-refractivity contribution in [1.29, 1.82) is 0 Å². The van der Waals surface area contributed by atoms with Crippen LogP contribution in [0.1, 0.15) is 12.8 Å². The second-order valence-electron chi connectivity index (χ2n) is 3.06. The van der Waals surface area contributed by atoms with Gasteiger partial charge in [-0.1, -0.05) is 23.1 Å². The van der Waals surface area contributed by atoms with Crippen LogP contribution in [-0.2, 0) is 0 Å². The normalized spacial score (nSPS) is 18.6. The lowest BCUT2D eigenvalue weighted by atomic mass is 10.5. The largest absolute Gasteiger partial charge is 0.363 e. The summed E-state index contributed by atoms with van der Waals surface area (Å²) >= 11 is 9.43. The molecule has 0 amide bonds. The lowest BCUT2D eigenvalue weighted by Gasteiger charge is -2.00. The van der Waals surface area contributed by atoms with Crippen molar-refractivity contribution in [2.24, 2.45) is 0 Å². The van der Waals surface area contributed by atoms with Crippen molar-refractivity contribution in [3.63, 3.8) is 0 Å². The van der Waals surface area contributed by atoms with E-state index in [0.717, 1.165) is 28.1 Å². The summed E-state index contributed by atoms with van der Waals surface area (Å²) in [6.07, 6.45) is 2.28. The van der Waals surface area contributed by atoms with Crippen LogP contribution in [-0.4, -0.2) is 27.9 Å². The van der Waals surface area contributed by atoms with Gasteiger partial charge < -0.3 is 5.32 Å². The first kappa shape index (κ1) is 9.55. The minimum atomic E-state index is 0.0656. The molecule has 1 aromatic rings. The molecule has 1 heterocycles. The first-order chi connectivity index (χ1) is 6.22. The van der Waals surface area contributed by atoms with E-state index in [0.29, 0.717) is 0 Å². The van der Waals surface area contributed by atoms with Crippen molar-refractivity contribution in [2.45, 2.75) is 22.1 Å². The van der Waals surface area contributed by atoms with Crippen molar-refractivity contribution in [3.8, 4) is 0 Å². The summed E-state index contributed by atoms with van der Waals surface area (Å²) < 4.78 is 0.997. The Bertz CT molecular complexity index is 298. The maximum absolute atomic E-state index is 6.15. The molecule has 6 heteroatoms. The van der Waals surface area contributed by atoms with Gasteiger partial charge in [-0.3, -0.25) is 0 Å². The topological polar surface area (TPSA) is 37.8 Å². The smallest absolute Gasteiger partial charge is 0.206 e.